The summed E-state index contributed by atoms with van der Waals surface area (Å²) in [7, 11) is 0. The highest BCUT2D eigenvalue weighted by Gasteiger charge is 2.05. The fourth-order valence-electron chi connectivity index (χ4n) is 0.601. The van der Waals surface area contributed by atoms with Crippen LogP contribution in [0.2, 0.25) is 0 Å². The largest absolute Gasteiger partial charge is 0.394 e. The summed E-state index contributed by atoms with van der Waals surface area (Å²) in [4.78, 5) is 9.77. The highest BCUT2D eigenvalue weighted by molar-refractivity contribution is 4.25. The van der Waals surface area contributed by atoms with Crippen molar-refractivity contribution in [1.82, 2.24) is 5.23 Å². The number of aliphatic hydroxyl groups excluding tert-OH is 3. The maximum Gasteiger partial charge on any atom is 0.149 e. The molecule has 0 amide bonds. The van der Waals surface area contributed by atoms with Crippen LogP contribution in [0.3, 0.4) is 0 Å². The average Bonchev–Trinajstić information content (AvgIpc) is 2.21. The number of hydrogen-bond donors (Lipinski definition) is 3. The van der Waals surface area contributed by atoms with Gasteiger partial charge in [0.2, 0.25) is 0 Å². The monoisotopic (exact) mass is 211 g/mol. The molecule has 0 radical (unpaired) electrons. The molecule has 3 N–H and O–H groups in total. The van der Waals surface area contributed by atoms with Crippen LogP contribution in [0.5, 0.6) is 0 Å². The van der Waals surface area contributed by atoms with E-state index in [1.807, 2.05) is 0 Å². The summed E-state index contributed by atoms with van der Waals surface area (Å²) in [6, 6.07) is 0. The van der Waals surface area contributed by atoms with Crippen molar-refractivity contribution in [1.29, 1.82) is 0 Å². The smallest absolute Gasteiger partial charge is 0.149 e. The van der Waals surface area contributed by atoms with Gasteiger partial charge in [-0.25, -0.2) is 0 Å². The maximum absolute atomic E-state index is 8.47. The Morgan fingerprint density at radius 1 is 0.786 bits per heavy atom. The standard InChI is InChI=1S/C7H17NO6/c9-1-4-12-7-8(13-5-2-10)14-6-3-11/h9-11H,1-7H2. The number of rotatable bonds is 10. The summed E-state index contributed by atoms with van der Waals surface area (Å²) in [5.41, 5.74) is 0. The summed E-state index contributed by atoms with van der Waals surface area (Å²) in [5, 5.41) is 26.4. The van der Waals surface area contributed by atoms with Crippen LogP contribution in [-0.2, 0) is 14.4 Å². The first-order chi connectivity index (χ1) is 6.85. The van der Waals surface area contributed by atoms with E-state index in [2.05, 4.69) is 0 Å². The van der Waals surface area contributed by atoms with Gasteiger partial charge in [-0.2, -0.15) is 0 Å². The lowest BCUT2D eigenvalue weighted by atomic mass is 10.8. The Balaban J connectivity index is 3.49. The van der Waals surface area contributed by atoms with Crippen molar-refractivity contribution < 1.29 is 29.7 Å². The third-order valence-electron chi connectivity index (χ3n) is 1.09. The van der Waals surface area contributed by atoms with E-state index < -0.39 is 0 Å². The van der Waals surface area contributed by atoms with Gasteiger partial charge in [-0.1, -0.05) is 0 Å². The summed E-state index contributed by atoms with van der Waals surface area (Å²) in [6.45, 7) is -0.0460. The maximum atomic E-state index is 8.47. The minimum atomic E-state index is -0.140. The molecule has 7 nitrogen and oxygen atoms in total. The molecule has 0 aromatic rings. The van der Waals surface area contributed by atoms with Crippen LogP contribution >= 0.6 is 0 Å². The van der Waals surface area contributed by atoms with Crippen LogP contribution in [0.25, 0.3) is 0 Å². The van der Waals surface area contributed by atoms with E-state index in [0.29, 0.717) is 0 Å². The number of ether oxygens (including phenoxy) is 1. The molecule has 0 aromatic heterocycles. The van der Waals surface area contributed by atoms with E-state index in [1.165, 1.54) is 0 Å². The van der Waals surface area contributed by atoms with Crippen LogP contribution in [0.15, 0.2) is 0 Å². The van der Waals surface area contributed by atoms with Gasteiger partial charge in [0.05, 0.1) is 39.6 Å². The molecular formula is C7H17NO6. The van der Waals surface area contributed by atoms with E-state index in [-0.39, 0.29) is 46.4 Å². The van der Waals surface area contributed by atoms with Crippen molar-refractivity contribution in [3.05, 3.63) is 0 Å². The van der Waals surface area contributed by atoms with E-state index >= 15 is 0 Å². The molecule has 0 aliphatic rings. The van der Waals surface area contributed by atoms with Crippen molar-refractivity contribution in [2.24, 2.45) is 0 Å². The highest BCUT2D eigenvalue weighted by atomic mass is 17.0. The molecule has 0 unspecified atom stereocenters. The van der Waals surface area contributed by atoms with Crippen molar-refractivity contribution in [2.45, 2.75) is 0 Å². The van der Waals surface area contributed by atoms with Gasteiger partial charge in [0.15, 0.2) is 0 Å². The third kappa shape index (κ3) is 8.32. The number of aliphatic hydroxyl groups is 3. The summed E-state index contributed by atoms with van der Waals surface area (Å²) in [5.74, 6) is 0. The van der Waals surface area contributed by atoms with Crippen molar-refractivity contribution in [3.8, 4) is 0 Å². The molecule has 0 aromatic carbocycles. The summed E-state index contributed by atoms with van der Waals surface area (Å²) < 4.78 is 4.90. The van der Waals surface area contributed by atoms with Crippen molar-refractivity contribution in [2.75, 3.05) is 46.4 Å². The Morgan fingerprint density at radius 3 is 1.71 bits per heavy atom. The molecule has 0 aliphatic heterocycles. The normalized spacial score (nSPS) is 11.1. The molecule has 7 heteroatoms. The second kappa shape index (κ2) is 10.8. The molecule has 86 valence electrons. The lowest BCUT2D eigenvalue weighted by Crippen LogP contribution is -2.30. The minimum Gasteiger partial charge on any atom is -0.394 e. The van der Waals surface area contributed by atoms with Crippen molar-refractivity contribution >= 4 is 0 Å². The first kappa shape index (κ1) is 13.7. The van der Waals surface area contributed by atoms with Gasteiger partial charge in [0, 0.05) is 0 Å². The Labute approximate surface area is 82.3 Å². The fraction of sp³-hybridized carbons (Fsp3) is 1.00. The Bertz CT molecular complexity index is 106. The van der Waals surface area contributed by atoms with Crippen LogP contribution in [0.4, 0.5) is 0 Å². The van der Waals surface area contributed by atoms with Crippen LogP contribution < -0.4 is 0 Å². The average molecular weight is 211 g/mol. The lowest BCUT2D eigenvalue weighted by Gasteiger charge is -2.19. The third-order valence-corrected chi connectivity index (χ3v) is 1.09. The van der Waals surface area contributed by atoms with Gasteiger partial charge < -0.3 is 20.1 Å². The predicted molar refractivity (Wildman–Crippen MR) is 45.8 cm³/mol. The van der Waals surface area contributed by atoms with Crippen LogP contribution in [0.1, 0.15) is 0 Å². The zero-order valence-corrected chi connectivity index (χ0v) is 7.96. The van der Waals surface area contributed by atoms with Gasteiger partial charge in [-0.05, 0) is 5.23 Å². The molecule has 0 aliphatic carbocycles. The first-order valence-electron chi connectivity index (χ1n) is 4.28. The quantitative estimate of drug-likeness (QED) is 0.221. The molecule has 0 rings (SSSR count). The minimum absolute atomic E-state index is 0.000556. The SMILES string of the molecule is OCCOCN(OCCO)OCCO. The van der Waals surface area contributed by atoms with E-state index in [4.69, 9.17) is 29.7 Å². The Kier molecular flexibility index (Phi) is 10.6. The topological polar surface area (TPSA) is 91.6 Å². The zero-order chi connectivity index (χ0) is 10.6. The van der Waals surface area contributed by atoms with Gasteiger partial charge in [0.1, 0.15) is 6.73 Å². The second-order valence-electron chi connectivity index (χ2n) is 2.21. The van der Waals surface area contributed by atoms with Gasteiger partial charge >= 0.3 is 0 Å². The molecular weight excluding hydrogens is 194 g/mol. The lowest BCUT2D eigenvalue weighted by molar-refractivity contribution is -0.397. The molecule has 0 atom stereocenters. The predicted octanol–water partition coefficient (Wildman–Crippen LogP) is -1.90. The second-order valence-corrected chi connectivity index (χ2v) is 2.21. The molecule has 0 saturated carbocycles. The molecule has 0 bridgehead atoms. The van der Waals surface area contributed by atoms with Gasteiger partial charge in [0.25, 0.3) is 0 Å². The Hall–Kier alpha value is -0.280. The number of hydroxylamine groups is 2. The van der Waals surface area contributed by atoms with E-state index in [9.17, 15) is 0 Å². The zero-order valence-electron chi connectivity index (χ0n) is 7.96. The molecule has 0 saturated heterocycles. The van der Waals surface area contributed by atoms with Crippen LogP contribution in [0, 0.1) is 0 Å². The summed E-state index contributed by atoms with van der Waals surface area (Å²) >= 11 is 0. The molecule has 0 fully saturated rings. The van der Waals surface area contributed by atoms with E-state index in [1.54, 1.807) is 0 Å². The van der Waals surface area contributed by atoms with Gasteiger partial charge in [-0.15, -0.1) is 0 Å². The molecule has 14 heavy (non-hydrogen) atoms. The first-order valence-corrected chi connectivity index (χ1v) is 4.28. The Morgan fingerprint density at radius 2 is 1.29 bits per heavy atom. The number of hydrogen-bond acceptors (Lipinski definition) is 7. The fourth-order valence-corrected chi connectivity index (χ4v) is 0.601. The van der Waals surface area contributed by atoms with E-state index in [0.717, 1.165) is 5.23 Å². The van der Waals surface area contributed by atoms with Crippen LogP contribution in [-0.4, -0.2) is 66.9 Å². The van der Waals surface area contributed by atoms with Gasteiger partial charge in [-0.3, -0.25) is 9.68 Å². The number of nitrogens with zero attached hydrogens (tertiary/aromatic N) is 1. The van der Waals surface area contributed by atoms with Crippen molar-refractivity contribution in [3.63, 3.8) is 0 Å². The highest BCUT2D eigenvalue weighted by Crippen LogP contribution is 1.92. The molecule has 0 spiro atoms. The summed E-state index contributed by atoms with van der Waals surface area (Å²) in [6.07, 6.45) is 0. The molecule has 0 heterocycles.